The van der Waals surface area contributed by atoms with Crippen molar-refractivity contribution in [3.63, 3.8) is 0 Å². The van der Waals surface area contributed by atoms with Crippen LogP contribution >= 0.6 is 15.9 Å². The second-order valence-corrected chi connectivity index (χ2v) is 5.13. The average molecular weight is 308 g/mol. The highest BCUT2D eigenvalue weighted by Crippen LogP contribution is 2.21. The highest BCUT2D eigenvalue weighted by Gasteiger charge is 2.18. The Balaban J connectivity index is 2.67. The zero-order chi connectivity index (χ0) is 13.1. The van der Waals surface area contributed by atoms with Crippen LogP contribution in [0.15, 0.2) is 16.6 Å². The van der Waals surface area contributed by atoms with Gasteiger partial charge in [-0.2, -0.15) is 0 Å². The second-order valence-electron chi connectivity index (χ2n) is 4.28. The third-order valence-electron chi connectivity index (χ3n) is 2.71. The molecule has 0 aliphatic rings. The van der Waals surface area contributed by atoms with Gasteiger partial charge in [0.15, 0.2) is 0 Å². The number of aliphatic hydroxyl groups is 1. The molecule has 96 valence electrons. The predicted octanol–water partition coefficient (Wildman–Crippen LogP) is 2.98. The molecule has 0 fully saturated rings. The van der Waals surface area contributed by atoms with Gasteiger partial charge in [-0.25, -0.2) is 8.78 Å². The lowest BCUT2D eigenvalue weighted by molar-refractivity contribution is 0.0554. The lowest BCUT2D eigenvalue weighted by atomic mass is 10.0. The summed E-state index contributed by atoms with van der Waals surface area (Å²) in [5, 5.41) is 12.6. The Morgan fingerprint density at radius 1 is 1.41 bits per heavy atom. The van der Waals surface area contributed by atoms with Crippen LogP contribution in [0.4, 0.5) is 8.78 Å². The van der Waals surface area contributed by atoms with E-state index in [0.29, 0.717) is 6.42 Å². The Labute approximate surface area is 108 Å². The fraction of sp³-hybridized carbons (Fsp3) is 0.500. The largest absolute Gasteiger partial charge is 0.389 e. The first kappa shape index (κ1) is 14.5. The average Bonchev–Trinajstić information content (AvgIpc) is 2.28. The smallest absolute Gasteiger partial charge is 0.144 e. The summed E-state index contributed by atoms with van der Waals surface area (Å²) < 4.78 is 27.2. The minimum absolute atomic E-state index is 0.0220. The van der Waals surface area contributed by atoms with Gasteiger partial charge in [-0.05, 0) is 41.4 Å². The normalized spacial score (nSPS) is 14.7. The van der Waals surface area contributed by atoms with Gasteiger partial charge in [-0.1, -0.05) is 6.92 Å². The minimum Gasteiger partial charge on any atom is -0.389 e. The number of rotatable bonds is 5. The van der Waals surface area contributed by atoms with Crippen LogP contribution in [0, 0.1) is 11.6 Å². The van der Waals surface area contributed by atoms with Gasteiger partial charge in [-0.15, -0.1) is 0 Å². The highest BCUT2D eigenvalue weighted by atomic mass is 79.9. The summed E-state index contributed by atoms with van der Waals surface area (Å²) in [5.41, 5.74) is -0.884. The number of hydrogen-bond donors (Lipinski definition) is 2. The molecule has 2 nitrogen and oxygen atoms in total. The summed E-state index contributed by atoms with van der Waals surface area (Å²) in [6, 6.07) is 2.54. The van der Waals surface area contributed by atoms with E-state index in [0.717, 1.165) is 0 Å². The van der Waals surface area contributed by atoms with E-state index in [4.69, 9.17) is 0 Å². The molecule has 0 aromatic heterocycles. The van der Waals surface area contributed by atoms with Crippen molar-refractivity contribution < 1.29 is 13.9 Å². The van der Waals surface area contributed by atoms with Crippen molar-refractivity contribution in [3.05, 3.63) is 33.8 Å². The first-order valence-corrected chi connectivity index (χ1v) is 6.22. The van der Waals surface area contributed by atoms with Crippen LogP contribution in [-0.4, -0.2) is 17.3 Å². The van der Waals surface area contributed by atoms with Crippen molar-refractivity contribution in [2.45, 2.75) is 32.4 Å². The molecule has 1 atom stereocenters. The summed E-state index contributed by atoms with van der Waals surface area (Å²) in [6.07, 6.45) is 0.573. The molecule has 0 amide bonds. The molecule has 0 aliphatic heterocycles. The molecular formula is C12H16BrF2NO. The van der Waals surface area contributed by atoms with Gasteiger partial charge in [-0.3, -0.25) is 0 Å². The Hall–Kier alpha value is -0.520. The van der Waals surface area contributed by atoms with Crippen molar-refractivity contribution >= 4 is 15.9 Å². The fourth-order valence-corrected chi connectivity index (χ4v) is 1.68. The predicted molar refractivity (Wildman–Crippen MR) is 66.7 cm³/mol. The van der Waals surface area contributed by atoms with Gasteiger partial charge in [0.1, 0.15) is 11.6 Å². The van der Waals surface area contributed by atoms with Gasteiger partial charge in [0.25, 0.3) is 0 Å². The minimum atomic E-state index is -0.862. The van der Waals surface area contributed by atoms with Crippen LogP contribution in [-0.2, 0) is 6.54 Å². The molecule has 1 unspecified atom stereocenters. The Morgan fingerprint density at radius 2 is 2.06 bits per heavy atom. The first-order valence-electron chi connectivity index (χ1n) is 5.43. The summed E-state index contributed by atoms with van der Waals surface area (Å²) in [6.45, 7) is 3.86. The van der Waals surface area contributed by atoms with E-state index in [1.54, 1.807) is 6.92 Å². The van der Waals surface area contributed by atoms with Crippen molar-refractivity contribution in [2.75, 3.05) is 6.54 Å². The SMILES string of the molecule is CCC(C)(O)CNCc1c(F)ccc(Br)c1F. The third kappa shape index (κ3) is 4.01. The van der Waals surface area contributed by atoms with Crippen molar-refractivity contribution in [3.8, 4) is 0 Å². The van der Waals surface area contributed by atoms with Crippen LogP contribution in [0.25, 0.3) is 0 Å². The van der Waals surface area contributed by atoms with Gasteiger partial charge < -0.3 is 10.4 Å². The van der Waals surface area contributed by atoms with E-state index < -0.39 is 17.2 Å². The fourth-order valence-electron chi connectivity index (χ4n) is 1.31. The number of nitrogens with one attached hydrogen (secondary N) is 1. The summed E-state index contributed by atoms with van der Waals surface area (Å²) >= 11 is 3.01. The van der Waals surface area contributed by atoms with Crippen LogP contribution in [0.1, 0.15) is 25.8 Å². The molecule has 0 saturated carbocycles. The number of halogens is 3. The Morgan fingerprint density at radius 3 is 2.65 bits per heavy atom. The summed E-state index contributed by atoms with van der Waals surface area (Å²) in [4.78, 5) is 0. The van der Waals surface area contributed by atoms with Crippen LogP contribution < -0.4 is 5.32 Å². The van der Waals surface area contributed by atoms with E-state index in [1.807, 2.05) is 6.92 Å². The van der Waals surface area contributed by atoms with Crippen molar-refractivity contribution in [2.24, 2.45) is 0 Å². The number of benzene rings is 1. The molecule has 17 heavy (non-hydrogen) atoms. The van der Waals surface area contributed by atoms with Crippen molar-refractivity contribution in [1.29, 1.82) is 0 Å². The molecule has 0 saturated heterocycles. The molecule has 2 N–H and O–H groups in total. The molecule has 1 rings (SSSR count). The molecule has 0 spiro atoms. The van der Waals surface area contributed by atoms with E-state index in [2.05, 4.69) is 21.2 Å². The van der Waals surface area contributed by atoms with Gasteiger partial charge in [0.05, 0.1) is 10.1 Å². The monoisotopic (exact) mass is 307 g/mol. The maximum atomic E-state index is 13.6. The first-order chi connectivity index (χ1) is 7.87. The third-order valence-corrected chi connectivity index (χ3v) is 3.32. The Bertz CT molecular complexity index is 396. The standard InChI is InChI=1S/C12H16BrF2NO/c1-3-12(2,17)7-16-6-8-10(14)5-4-9(13)11(8)15/h4-5,16-17H,3,6-7H2,1-2H3. The second kappa shape index (κ2) is 5.89. The zero-order valence-corrected chi connectivity index (χ0v) is 11.4. The van der Waals surface area contributed by atoms with E-state index in [1.165, 1.54) is 12.1 Å². The lowest BCUT2D eigenvalue weighted by Crippen LogP contribution is -2.37. The molecule has 0 heterocycles. The van der Waals surface area contributed by atoms with Gasteiger partial charge >= 0.3 is 0 Å². The van der Waals surface area contributed by atoms with E-state index >= 15 is 0 Å². The van der Waals surface area contributed by atoms with Gasteiger partial charge in [0.2, 0.25) is 0 Å². The maximum absolute atomic E-state index is 13.6. The topological polar surface area (TPSA) is 32.3 Å². The quantitative estimate of drug-likeness (QED) is 0.820. The van der Waals surface area contributed by atoms with Crippen LogP contribution in [0.2, 0.25) is 0 Å². The highest BCUT2D eigenvalue weighted by molar-refractivity contribution is 9.10. The molecule has 0 aliphatic carbocycles. The molecule has 1 aromatic carbocycles. The van der Waals surface area contributed by atoms with Gasteiger partial charge in [0, 0.05) is 18.7 Å². The molecule has 0 radical (unpaired) electrons. The lowest BCUT2D eigenvalue weighted by Gasteiger charge is -2.21. The van der Waals surface area contributed by atoms with Crippen LogP contribution in [0.3, 0.4) is 0 Å². The molecule has 1 aromatic rings. The summed E-state index contributed by atoms with van der Waals surface area (Å²) in [5.74, 6) is -1.19. The Kier molecular flexibility index (Phi) is 5.04. The molecule has 5 heteroatoms. The zero-order valence-electron chi connectivity index (χ0n) is 9.86. The molecular weight excluding hydrogens is 292 g/mol. The van der Waals surface area contributed by atoms with Crippen molar-refractivity contribution in [1.82, 2.24) is 5.32 Å². The number of hydrogen-bond acceptors (Lipinski definition) is 2. The van der Waals surface area contributed by atoms with Crippen LogP contribution in [0.5, 0.6) is 0 Å². The summed E-state index contributed by atoms with van der Waals surface area (Å²) in [7, 11) is 0. The van der Waals surface area contributed by atoms with E-state index in [9.17, 15) is 13.9 Å². The molecule has 0 bridgehead atoms. The maximum Gasteiger partial charge on any atom is 0.144 e. The van der Waals surface area contributed by atoms with E-state index in [-0.39, 0.29) is 23.1 Å².